The van der Waals surface area contributed by atoms with Gasteiger partial charge in [0.15, 0.2) is 0 Å². The van der Waals surface area contributed by atoms with Gasteiger partial charge in [0, 0.05) is 29.0 Å². The number of hydrogen-bond donors (Lipinski definition) is 2. The molecular formula is C24H26N4O3. The summed E-state index contributed by atoms with van der Waals surface area (Å²) in [6.45, 7) is 4.32. The van der Waals surface area contributed by atoms with Crippen LogP contribution < -0.4 is 15.6 Å². The second kappa shape index (κ2) is 8.63. The Kier molecular flexibility index (Phi) is 5.75. The van der Waals surface area contributed by atoms with Crippen LogP contribution in [0.4, 0.5) is 0 Å². The molecule has 0 unspecified atom stereocenters. The van der Waals surface area contributed by atoms with E-state index in [9.17, 15) is 9.59 Å². The molecule has 0 fully saturated rings. The predicted octanol–water partition coefficient (Wildman–Crippen LogP) is 3.37. The van der Waals surface area contributed by atoms with Crippen molar-refractivity contribution in [2.45, 2.75) is 32.7 Å². The Morgan fingerprint density at radius 2 is 1.94 bits per heavy atom. The summed E-state index contributed by atoms with van der Waals surface area (Å²) in [5, 5.41) is 9.86. The molecular weight excluding hydrogens is 392 g/mol. The van der Waals surface area contributed by atoms with Crippen molar-refractivity contribution >= 4 is 27.6 Å². The third kappa shape index (κ3) is 4.17. The van der Waals surface area contributed by atoms with Crippen LogP contribution in [0.5, 0.6) is 5.75 Å². The van der Waals surface area contributed by atoms with Gasteiger partial charge in [0.1, 0.15) is 5.75 Å². The van der Waals surface area contributed by atoms with Crippen LogP contribution in [0.2, 0.25) is 0 Å². The Bertz CT molecular complexity index is 1300. The molecule has 0 aliphatic carbocycles. The number of aromatic amines is 1. The summed E-state index contributed by atoms with van der Waals surface area (Å²) in [6.07, 6.45) is 2.78. The van der Waals surface area contributed by atoms with Gasteiger partial charge in [0.2, 0.25) is 5.91 Å². The van der Waals surface area contributed by atoms with E-state index in [-0.39, 0.29) is 23.9 Å². The number of methoxy groups -OCH3 is 1. The molecule has 0 atom stereocenters. The molecule has 1 amide bonds. The highest BCUT2D eigenvalue weighted by atomic mass is 16.5. The molecule has 4 aromatic rings. The molecule has 2 heterocycles. The van der Waals surface area contributed by atoms with Gasteiger partial charge in [-0.1, -0.05) is 18.2 Å². The molecule has 0 aliphatic heterocycles. The number of nitrogens with one attached hydrogen (secondary N) is 2. The van der Waals surface area contributed by atoms with E-state index in [1.807, 2.05) is 56.4 Å². The summed E-state index contributed by atoms with van der Waals surface area (Å²) >= 11 is 0. The molecule has 31 heavy (non-hydrogen) atoms. The molecule has 0 saturated carbocycles. The number of hydrogen-bond acceptors (Lipinski definition) is 4. The number of fused-ring (bicyclic) bond motifs is 2. The van der Waals surface area contributed by atoms with Gasteiger partial charge in [-0.05, 0) is 50.1 Å². The third-order valence-electron chi connectivity index (χ3n) is 5.41. The first kappa shape index (κ1) is 20.7. The van der Waals surface area contributed by atoms with Gasteiger partial charge >= 0.3 is 0 Å². The highest BCUT2D eigenvalue weighted by Crippen LogP contribution is 2.23. The Balaban J connectivity index is 1.48. The number of carbonyl (C=O) groups excluding carboxylic acids is 1. The van der Waals surface area contributed by atoms with Gasteiger partial charge in [0.25, 0.3) is 5.56 Å². The minimum Gasteiger partial charge on any atom is -0.497 e. The molecule has 2 aromatic carbocycles. The SMILES string of the molecule is COc1ccc2[nH]cc(CCNC(=O)Cc3nn(C(C)C)c(=O)c4ccccc34)c2c1. The van der Waals surface area contributed by atoms with Crippen molar-refractivity contribution in [1.82, 2.24) is 20.1 Å². The van der Waals surface area contributed by atoms with Crippen LogP contribution >= 0.6 is 0 Å². The zero-order valence-electron chi connectivity index (χ0n) is 17.9. The molecule has 7 heteroatoms. The summed E-state index contributed by atoms with van der Waals surface area (Å²) < 4.78 is 6.76. The topological polar surface area (TPSA) is 89.0 Å². The highest BCUT2D eigenvalue weighted by Gasteiger charge is 2.15. The average molecular weight is 418 g/mol. The lowest BCUT2D eigenvalue weighted by atomic mass is 10.1. The number of ether oxygens (including phenoxy) is 1. The van der Waals surface area contributed by atoms with Gasteiger partial charge < -0.3 is 15.0 Å². The molecule has 2 aromatic heterocycles. The lowest BCUT2D eigenvalue weighted by Gasteiger charge is -2.13. The van der Waals surface area contributed by atoms with E-state index in [1.165, 1.54) is 4.68 Å². The lowest BCUT2D eigenvalue weighted by Crippen LogP contribution is -2.30. The van der Waals surface area contributed by atoms with E-state index in [0.29, 0.717) is 24.0 Å². The van der Waals surface area contributed by atoms with E-state index < -0.39 is 0 Å². The van der Waals surface area contributed by atoms with Crippen molar-refractivity contribution < 1.29 is 9.53 Å². The third-order valence-corrected chi connectivity index (χ3v) is 5.41. The largest absolute Gasteiger partial charge is 0.497 e. The summed E-state index contributed by atoms with van der Waals surface area (Å²) in [5.41, 5.74) is 2.63. The van der Waals surface area contributed by atoms with E-state index in [4.69, 9.17) is 4.74 Å². The second-order valence-corrected chi connectivity index (χ2v) is 7.84. The number of benzene rings is 2. The Hall–Kier alpha value is -3.61. The average Bonchev–Trinajstić information content (AvgIpc) is 3.17. The molecule has 0 radical (unpaired) electrons. The predicted molar refractivity (Wildman–Crippen MR) is 122 cm³/mol. The van der Waals surface area contributed by atoms with Gasteiger partial charge in [-0.3, -0.25) is 9.59 Å². The van der Waals surface area contributed by atoms with Crippen molar-refractivity contribution in [3.05, 3.63) is 70.3 Å². The van der Waals surface area contributed by atoms with E-state index >= 15 is 0 Å². The Morgan fingerprint density at radius 1 is 1.16 bits per heavy atom. The fraction of sp³-hybridized carbons (Fsp3) is 0.292. The summed E-state index contributed by atoms with van der Waals surface area (Å²) in [6, 6.07) is 13.1. The van der Waals surface area contributed by atoms with E-state index in [1.54, 1.807) is 13.2 Å². The summed E-state index contributed by atoms with van der Waals surface area (Å²) in [7, 11) is 1.65. The molecule has 0 aliphatic rings. The second-order valence-electron chi connectivity index (χ2n) is 7.84. The molecule has 0 saturated heterocycles. The van der Waals surface area contributed by atoms with Crippen molar-refractivity contribution in [3.8, 4) is 5.75 Å². The first-order chi connectivity index (χ1) is 15.0. The number of H-pyrrole nitrogens is 1. The highest BCUT2D eigenvalue weighted by molar-refractivity contribution is 5.88. The number of aromatic nitrogens is 3. The zero-order chi connectivity index (χ0) is 22.0. The van der Waals surface area contributed by atoms with Crippen molar-refractivity contribution in [1.29, 1.82) is 0 Å². The van der Waals surface area contributed by atoms with Gasteiger partial charge in [-0.2, -0.15) is 5.10 Å². The van der Waals surface area contributed by atoms with Crippen LogP contribution in [0.3, 0.4) is 0 Å². The molecule has 2 N–H and O–H groups in total. The van der Waals surface area contributed by atoms with Crippen LogP contribution in [-0.2, 0) is 17.6 Å². The lowest BCUT2D eigenvalue weighted by molar-refractivity contribution is -0.120. The van der Waals surface area contributed by atoms with Crippen molar-refractivity contribution in [3.63, 3.8) is 0 Å². The van der Waals surface area contributed by atoms with Gasteiger partial charge in [-0.25, -0.2) is 4.68 Å². The molecule has 0 bridgehead atoms. The quantitative estimate of drug-likeness (QED) is 0.482. The van der Waals surface area contributed by atoms with Crippen LogP contribution in [0, 0.1) is 0 Å². The van der Waals surface area contributed by atoms with Crippen LogP contribution in [0.15, 0.2) is 53.5 Å². The molecule has 7 nitrogen and oxygen atoms in total. The first-order valence-corrected chi connectivity index (χ1v) is 10.4. The van der Waals surface area contributed by atoms with Gasteiger partial charge in [0.05, 0.1) is 30.7 Å². The van der Waals surface area contributed by atoms with Crippen LogP contribution in [-0.4, -0.2) is 34.3 Å². The standard InChI is InChI=1S/C24H26N4O3/c1-15(2)28-24(30)19-7-5-4-6-18(19)22(27-28)13-23(29)25-11-10-16-14-26-21-9-8-17(31-3)12-20(16)21/h4-9,12,14-15,26H,10-11,13H2,1-3H3,(H,25,29). The normalized spacial score (nSPS) is 11.4. The molecule has 0 spiro atoms. The smallest absolute Gasteiger partial charge is 0.274 e. The fourth-order valence-electron chi connectivity index (χ4n) is 3.80. The van der Waals surface area contributed by atoms with Crippen molar-refractivity contribution in [2.24, 2.45) is 0 Å². The monoisotopic (exact) mass is 418 g/mol. The fourth-order valence-corrected chi connectivity index (χ4v) is 3.80. The maximum Gasteiger partial charge on any atom is 0.274 e. The summed E-state index contributed by atoms with van der Waals surface area (Å²) in [5.74, 6) is 0.680. The van der Waals surface area contributed by atoms with Crippen LogP contribution in [0.1, 0.15) is 31.1 Å². The molecule has 160 valence electrons. The van der Waals surface area contributed by atoms with E-state index in [2.05, 4.69) is 15.4 Å². The van der Waals surface area contributed by atoms with E-state index in [0.717, 1.165) is 27.6 Å². The minimum atomic E-state index is -0.135. The maximum absolute atomic E-state index is 12.7. The van der Waals surface area contributed by atoms with Gasteiger partial charge in [-0.15, -0.1) is 0 Å². The number of amides is 1. The minimum absolute atomic E-state index is 0.0854. The van der Waals surface area contributed by atoms with Crippen LogP contribution in [0.25, 0.3) is 21.7 Å². The molecule has 4 rings (SSSR count). The first-order valence-electron chi connectivity index (χ1n) is 10.4. The van der Waals surface area contributed by atoms with Crippen molar-refractivity contribution in [2.75, 3.05) is 13.7 Å². The zero-order valence-corrected chi connectivity index (χ0v) is 17.9. The maximum atomic E-state index is 12.7. The number of rotatable bonds is 7. The number of carbonyl (C=O) groups is 1. The number of nitrogens with zero attached hydrogens (tertiary/aromatic N) is 2. The summed E-state index contributed by atoms with van der Waals surface area (Å²) in [4.78, 5) is 28.5. The Labute approximate surface area is 180 Å². The Morgan fingerprint density at radius 3 is 2.68 bits per heavy atom.